The molecule has 1 aliphatic heterocycles. The molecular formula is C22H27NO3S. The van der Waals surface area contributed by atoms with Gasteiger partial charge in [0.25, 0.3) is 0 Å². The van der Waals surface area contributed by atoms with Crippen LogP contribution in [-0.2, 0) is 9.47 Å². The number of anilines is 1. The molecule has 0 radical (unpaired) electrons. The highest BCUT2D eigenvalue weighted by Gasteiger charge is 2.51. The Labute approximate surface area is 164 Å². The van der Waals surface area contributed by atoms with E-state index in [0.717, 1.165) is 41.8 Å². The minimum atomic E-state index is -0.356. The van der Waals surface area contributed by atoms with Gasteiger partial charge in [0.2, 0.25) is 0 Å². The first kappa shape index (κ1) is 18.5. The van der Waals surface area contributed by atoms with E-state index in [-0.39, 0.29) is 12.2 Å². The van der Waals surface area contributed by atoms with Crippen molar-refractivity contribution >= 4 is 23.1 Å². The third-order valence-corrected chi connectivity index (χ3v) is 6.80. The number of rotatable bonds is 5. The average molecular weight is 386 g/mol. The molecule has 1 aromatic heterocycles. The Morgan fingerprint density at radius 3 is 2.44 bits per heavy atom. The van der Waals surface area contributed by atoms with E-state index in [2.05, 4.69) is 25.2 Å². The summed E-state index contributed by atoms with van der Waals surface area (Å²) in [7, 11) is 0. The van der Waals surface area contributed by atoms with E-state index in [1.54, 1.807) is 11.3 Å². The van der Waals surface area contributed by atoms with E-state index in [0.29, 0.717) is 24.0 Å². The maximum atomic E-state index is 12.6. The smallest absolute Gasteiger partial charge is 0.411 e. The summed E-state index contributed by atoms with van der Waals surface area (Å²) in [4.78, 5) is 13.8. The van der Waals surface area contributed by atoms with Crippen molar-refractivity contribution in [1.82, 2.24) is 0 Å². The summed E-state index contributed by atoms with van der Waals surface area (Å²) in [6, 6.07) is 12.0. The summed E-state index contributed by atoms with van der Waals surface area (Å²) in [6.07, 6.45) is 4.28. The van der Waals surface area contributed by atoms with E-state index in [4.69, 9.17) is 9.47 Å². The molecule has 144 valence electrons. The van der Waals surface area contributed by atoms with Gasteiger partial charge in [0.1, 0.15) is 6.10 Å². The minimum Gasteiger partial charge on any atom is -0.446 e. The maximum Gasteiger partial charge on any atom is 0.411 e. The second kappa shape index (κ2) is 8.03. The Bertz CT molecular complexity index is 758. The number of carbonyl (C=O) groups is 1. The highest BCUT2D eigenvalue weighted by molar-refractivity contribution is 7.13. The number of hydrogen-bond donors (Lipinski definition) is 1. The van der Waals surface area contributed by atoms with Crippen LogP contribution in [0.3, 0.4) is 0 Å². The van der Waals surface area contributed by atoms with Gasteiger partial charge in [-0.2, -0.15) is 0 Å². The second-order valence-corrected chi connectivity index (χ2v) is 8.50. The normalized spacial score (nSPS) is 29.5. The minimum absolute atomic E-state index is 0.0369. The van der Waals surface area contributed by atoms with Gasteiger partial charge >= 0.3 is 6.09 Å². The van der Waals surface area contributed by atoms with Gasteiger partial charge < -0.3 is 9.47 Å². The summed E-state index contributed by atoms with van der Waals surface area (Å²) >= 11 is 1.66. The largest absolute Gasteiger partial charge is 0.446 e. The van der Waals surface area contributed by atoms with Crippen LogP contribution >= 0.6 is 11.3 Å². The van der Waals surface area contributed by atoms with Gasteiger partial charge in [-0.15, -0.1) is 11.3 Å². The maximum absolute atomic E-state index is 12.6. The lowest BCUT2D eigenvalue weighted by Crippen LogP contribution is -2.26. The van der Waals surface area contributed by atoms with E-state index in [1.165, 1.54) is 0 Å². The average Bonchev–Trinajstić information content (AvgIpc) is 3.30. The number of hydrogen-bond acceptors (Lipinski definition) is 4. The molecule has 27 heavy (non-hydrogen) atoms. The predicted molar refractivity (Wildman–Crippen MR) is 109 cm³/mol. The number of amides is 1. The molecule has 1 N–H and O–H groups in total. The lowest BCUT2D eigenvalue weighted by atomic mass is 9.95. The van der Waals surface area contributed by atoms with E-state index < -0.39 is 0 Å². The highest BCUT2D eigenvalue weighted by Crippen LogP contribution is 2.45. The van der Waals surface area contributed by atoms with E-state index in [1.807, 2.05) is 35.7 Å². The number of para-hydroxylation sites is 1. The van der Waals surface area contributed by atoms with Gasteiger partial charge in [-0.05, 0) is 42.2 Å². The van der Waals surface area contributed by atoms with Gasteiger partial charge in [-0.3, -0.25) is 5.32 Å². The molecule has 2 aliphatic rings. The van der Waals surface area contributed by atoms with Gasteiger partial charge in [0.15, 0.2) is 0 Å². The zero-order valence-corrected chi connectivity index (χ0v) is 16.7. The number of carbonyl (C=O) groups excluding carboxylic acids is 1. The van der Waals surface area contributed by atoms with Crippen molar-refractivity contribution in [2.75, 3.05) is 5.32 Å². The number of benzene rings is 1. The SMILES string of the molecule is CC[C@@H]1CC(OC(=O)Nc2ccccc2-c2cccs2)C[C@H](CC)[C@@H]2O[C@H]12. The van der Waals surface area contributed by atoms with Crippen molar-refractivity contribution in [1.29, 1.82) is 0 Å². The Hall–Kier alpha value is -1.85. The van der Waals surface area contributed by atoms with Gasteiger partial charge in [0.05, 0.1) is 17.9 Å². The lowest BCUT2D eigenvalue weighted by Gasteiger charge is -2.23. The highest BCUT2D eigenvalue weighted by atomic mass is 32.1. The molecule has 4 nitrogen and oxygen atoms in total. The van der Waals surface area contributed by atoms with Crippen molar-refractivity contribution in [2.24, 2.45) is 11.8 Å². The Morgan fingerprint density at radius 1 is 1.11 bits per heavy atom. The van der Waals surface area contributed by atoms with Crippen LogP contribution in [0, 0.1) is 11.8 Å². The van der Waals surface area contributed by atoms with Crippen molar-refractivity contribution in [3.05, 3.63) is 41.8 Å². The lowest BCUT2D eigenvalue weighted by molar-refractivity contribution is 0.0680. The standard InChI is InChI=1S/C22H27NO3S/c1-3-14-12-16(13-15(4-2)21-20(14)26-21)25-22(24)23-18-9-6-5-8-17(18)19-10-7-11-27-19/h5-11,14-16,20-21H,3-4,12-13H2,1-2H3,(H,23,24)/t14-,15+,16?,20-,21+. The zero-order chi connectivity index (χ0) is 18.8. The van der Waals surface area contributed by atoms with Gasteiger partial charge in [-0.1, -0.05) is 51.0 Å². The Morgan fingerprint density at radius 2 is 1.81 bits per heavy atom. The van der Waals surface area contributed by atoms with Crippen molar-refractivity contribution < 1.29 is 14.3 Å². The molecule has 0 spiro atoms. The van der Waals surface area contributed by atoms with Crippen LogP contribution in [0.25, 0.3) is 10.4 Å². The van der Waals surface area contributed by atoms with Crippen LogP contribution in [0.5, 0.6) is 0 Å². The fourth-order valence-corrected chi connectivity index (χ4v) is 5.12. The zero-order valence-electron chi connectivity index (χ0n) is 15.9. The Kier molecular flexibility index (Phi) is 5.50. The molecule has 5 heteroatoms. The molecule has 1 aromatic carbocycles. The monoisotopic (exact) mass is 385 g/mol. The molecule has 1 aliphatic carbocycles. The molecule has 1 unspecified atom stereocenters. The summed E-state index contributed by atoms with van der Waals surface area (Å²) in [5.41, 5.74) is 1.82. The van der Waals surface area contributed by atoms with Gasteiger partial charge in [-0.25, -0.2) is 4.79 Å². The number of epoxide rings is 1. The van der Waals surface area contributed by atoms with E-state index in [9.17, 15) is 4.79 Å². The van der Waals surface area contributed by atoms with E-state index >= 15 is 0 Å². The molecule has 2 aromatic rings. The molecule has 1 saturated heterocycles. The molecule has 5 atom stereocenters. The summed E-state index contributed by atoms with van der Waals surface area (Å²) < 4.78 is 11.8. The molecule has 1 amide bonds. The summed E-state index contributed by atoms with van der Waals surface area (Å²) in [5, 5.41) is 5.01. The fourth-order valence-electron chi connectivity index (χ4n) is 4.36. The summed E-state index contributed by atoms with van der Waals surface area (Å²) in [5.74, 6) is 0.977. The number of ether oxygens (including phenoxy) is 2. The third-order valence-electron chi connectivity index (χ3n) is 5.89. The second-order valence-electron chi connectivity index (χ2n) is 7.55. The van der Waals surface area contributed by atoms with Gasteiger partial charge in [0, 0.05) is 10.4 Å². The van der Waals surface area contributed by atoms with Crippen molar-refractivity contribution in [3.8, 4) is 10.4 Å². The van der Waals surface area contributed by atoms with Crippen LogP contribution in [0.4, 0.5) is 10.5 Å². The van der Waals surface area contributed by atoms with Crippen LogP contribution in [0.15, 0.2) is 41.8 Å². The number of nitrogens with one attached hydrogen (secondary N) is 1. The molecular weight excluding hydrogens is 358 g/mol. The van der Waals surface area contributed by atoms with Crippen molar-refractivity contribution in [2.45, 2.75) is 57.8 Å². The molecule has 1 saturated carbocycles. The Balaban J connectivity index is 1.44. The first-order chi connectivity index (χ1) is 13.2. The first-order valence-corrected chi connectivity index (χ1v) is 10.8. The summed E-state index contributed by atoms with van der Waals surface area (Å²) in [6.45, 7) is 4.40. The molecule has 2 heterocycles. The van der Waals surface area contributed by atoms with Crippen LogP contribution in [0.2, 0.25) is 0 Å². The predicted octanol–water partition coefficient (Wildman–Crippen LogP) is 5.95. The van der Waals surface area contributed by atoms with Crippen molar-refractivity contribution in [3.63, 3.8) is 0 Å². The third kappa shape index (κ3) is 4.04. The van der Waals surface area contributed by atoms with Crippen LogP contribution in [-0.4, -0.2) is 24.4 Å². The van der Waals surface area contributed by atoms with Crippen LogP contribution < -0.4 is 5.32 Å². The number of fused-ring (bicyclic) bond motifs is 1. The first-order valence-electron chi connectivity index (χ1n) is 9.95. The number of thiophene rings is 1. The topological polar surface area (TPSA) is 50.9 Å². The quantitative estimate of drug-likeness (QED) is 0.647. The van der Waals surface area contributed by atoms with Crippen LogP contribution in [0.1, 0.15) is 39.5 Å². The molecule has 2 fully saturated rings. The fraction of sp³-hybridized carbons (Fsp3) is 0.500. The molecule has 0 bridgehead atoms. The molecule has 4 rings (SSSR count).